The van der Waals surface area contributed by atoms with Crippen molar-refractivity contribution in [1.29, 1.82) is 0 Å². The van der Waals surface area contributed by atoms with Crippen LogP contribution in [0.4, 0.5) is 21.9 Å². The second-order valence-electron chi connectivity index (χ2n) is 7.98. The highest BCUT2D eigenvalue weighted by atomic mass is 35.5. The van der Waals surface area contributed by atoms with Crippen LogP contribution in [0, 0.1) is 6.92 Å². The normalized spacial score (nSPS) is 14.0. The van der Waals surface area contributed by atoms with Gasteiger partial charge in [0.05, 0.1) is 10.7 Å². The number of amides is 3. The second kappa shape index (κ2) is 10.5. The summed E-state index contributed by atoms with van der Waals surface area (Å²) in [4.78, 5) is 30.7. The van der Waals surface area contributed by atoms with Gasteiger partial charge in [0.25, 0.3) is 0 Å². The van der Waals surface area contributed by atoms with Crippen LogP contribution in [0.1, 0.15) is 12.0 Å². The maximum atomic E-state index is 12.7. The van der Waals surface area contributed by atoms with Crippen LogP contribution in [-0.2, 0) is 4.79 Å². The minimum absolute atomic E-state index is 0.00910. The zero-order valence-corrected chi connectivity index (χ0v) is 19.1. The molecule has 1 heterocycles. The number of rotatable bonds is 6. The Morgan fingerprint density at radius 1 is 1.00 bits per heavy atom. The van der Waals surface area contributed by atoms with E-state index in [0.29, 0.717) is 30.2 Å². The van der Waals surface area contributed by atoms with Crippen LogP contribution in [-0.4, -0.2) is 68.6 Å². The summed E-state index contributed by atoms with van der Waals surface area (Å²) < 4.78 is 0. The highest BCUT2D eigenvalue weighted by molar-refractivity contribution is 6.33. The minimum Gasteiger partial charge on any atom is -0.368 e. The highest BCUT2D eigenvalue weighted by Gasteiger charge is 2.22. The summed E-state index contributed by atoms with van der Waals surface area (Å²) in [6.45, 7) is 5.37. The third kappa shape index (κ3) is 6.35. The molecule has 166 valence electrons. The molecule has 2 N–H and O–H groups in total. The molecule has 0 unspecified atom stereocenters. The van der Waals surface area contributed by atoms with Crippen LogP contribution in [0.15, 0.2) is 42.5 Å². The van der Waals surface area contributed by atoms with E-state index in [4.69, 9.17) is 11.6 Å². The van der Waals surface area contributed by atoms with Gasteiger partial charge in [-0.25, -0.2) is 4.79 Å². The fourth-order valence-electron chi connectivity index (χ4n) is 3.45. The molecule has 3 rings (SSSR count). The third-order valence-corrected chi connectivity index (χ3v) is 5.64. The number of hydrogen-bond donors (Lipinski definition) is 2. The summed E-state index contributed by atoms with van der Waals surface area (Å²) in [5.74, 6) is 0.00910. The Labute approximate surface area is 189 Å². The molecule has 1 aliphatic heterocycles. The lowest BCUT2D eigenvalue weighted by atomic mass is 10.2. The van der Waals surface area contributed by atoms with Gasteiger partial charge in [0, 0.05) is 50.5 Å². The van der Waals surface area contributed by atoms with Gasteiger partial charge in [-0.15, -0.1) is 0 Å². The quantitative estimate of drug-likeness (QED) is 0.710. The Morgan fingerprint density at radius 2 is 1.68 bits per heavy atom. The molecule has 7 nitrogen and oxygen atoms in total. The third-order valence-electron chi connectivity index (χ3n) is 5.32. The first-order valence-corrected chi connectivity index (χ1v) is 10.8. The first-order valence-electron chi connectivity index (χ1n) is 10.4. The molecule has 0 radical (unpaired) electrons. The average molecular weight is 444 g/mol. The standard InChI is InChI=1S/C23H30ClN5O2/c1-17-5-4-6-20(24)22(17)26-23(31)29-15-13-28(14-16-29)19-9-7-18(8-10-19)25-21(30)11-12-27(2)3/h4-10H,11-16H2,1-3H3,(H,25,30)(H,26,31). The molecular formula is C23H30ClN5O2. The number of nitrogens with zero attached hydrogens (tertiary/aromatic N) is 3. The van der Waals surface area contributed by atoms with Crippen molar-refractivity contribution in [3.63, 3.8) is 0 Å². The van der Waals surface area contributed by atoms with Crippen molar-refractivity contribution in [2.75, 3.05) is 62.4 Å². The van der Waals surface area contributed by atoms with Crippen molar-refractivity contribution in [1.82, 2.24) is 9.80 Å². The molecule has 0 aromatic heterocycles. The van der Waals surface area contributed by atoms with Gasteiger partial charge in [-0.1, -0.05) is 23.7 Å². The van der Waals surface area contributed by atoms with Crippen molar-refractivity contribution >= 4 is 40.6 Å². The smallest absolute Gasteiger partial charge is 0.322 e. The predicted molar refractivity (Wildman–Crippen MR) is 127 cm³/mol. The second-order valence-corrected chi connectivity index (χ2v) is 8.39. The molecule has 2 aromatic rings. The molecule has 31 heavy (non-hydrogen) atoms. The van der Waals surface area contributed by atoms with Crippen LogP contribution >= 0.6 is 11.6 Å². The van der Waals surface area contributed by atoms with E-state index < -0.39 is 0 Å². The Bertz CT molecular complexity index is 888. The molecule has 0 saturated carbocycles. The lowest BCUT2D eigenvalue weighted by Crippen LogP contribution is -2.50. The fourth-order valence-corrected chi connectivity index (χ4v) is 3.72. The van der Waals surface area contributed by atoms with E-state index in [9.17, 15) is 9.59 Å². The average Bonchev–Trinajstić information content (AvgIpc) is 2.75. The largest absolute Gasteiger partial charge is 0.368 e. The first kappa shape index (κ1) is 22.9. The van der Waals surface area contributed by atoms with E-state index in [1.807, 2.05) is 62.3 Å². The fraction of sp³-hybridized carbons (Fsp3) is 0.391. The van der Waals surface area contributed by atoms with E-state index in [2.05, 4.69) is 15.5 Å². The van der Waals surface area contributed by atoms with E-state index in [1.165, 1.54) is 0 Å². The number of aryl methyl sites for hydroxylation is 1. The van der Waals surface area contributed by atoms with Crippen molar-refractivity contribution in [2.24, 2.45) is 0 Å². The van der Waals surface area contributed by atoms with E-state index in [-0.39, 0.29) is 11.9 Å². The summed E-state index contributed by atoms with van der Waals surface area (Å²) in [7, 11) is 3.90. The lowest BCUT2D eigenvalue weighted by molar-refractivity contribution is -0.116. The summed E-state index contributed by atoms with van der Waals surface area (Å²) in [6, 6.07) is 13.3. The molecular weight excluding hydrogens is 414 g/mol. The SMILES string of the molecule is Cc1cccc(Cl)c1NC(=O)N1CCN(c2ccc(NC(=O)CCN(C)C)cc2)CC1. The van der Waals surface area contributed by atoms with Gasteiger partial charge in [0.15, 0.2) is 0 Å². The van der Waals surface area contributed by atoms with Crippen LogP contribution in [0.3, 0.4) is 0 Å². The van der Waals surface area contributed by atoms with Crippen molar-refractivity contribution in [3.05, 3.63) is 53.1 Å². The molecule has 2 aromatic carbocycles. The minimum atomic E-state index is -0.133. The highest BCUT2D eigenvalue weighted by Crippen LogP contribution is 2.26. The Balaban J connectivity index is 1.50. The summed E-state index contributed by atoms with van der Waals surface area (Å²) >= 11 is 6.22. The van der Waals surface area contributed by atoms with Gasteiger partial charge in [0.2, 0.25) is 5.91 Å². The number of carbonyl (C=O) groups is 2. The molecule has 0 aliphatic carbocycles. The van der Waals surface area contributed by atoms with Gasteiger partial charge in [0.1, 0.15) is 0 Å². The van der Waals surface area contributed by atoms with Crippen molar-refractivity contribution < 1.29 is 9.59 Å². The lowest BCUT2D eigenvalue weighted by Gasteiger charge is -2.36. The maximum Gasteiger partial charge on any atom is 0.322 e. The topological polar surface area (TPSA) is 67.9 Å². The number of anilines is 3. The summed E-state index contributed by atoms with van der Waals surface area (Å²) in [6.07, 6.45) is 0.465. The molecule has 3 amide bonds. The number of halogens is 1. The first-order chi connectivity index (χ1) is 14.8. The van der Waals surface area contributed by atoms with Gasteiger partial charge in [-0.05, 0) is 56.9 Å². The number of benzene rings is 2. The predicted octanol–water partition coefficient (Wildman–Crippen LogP) is 3.89. The van der Waals surface area contributed by atoms with Gasteiger partial charge in [-0.3, -0.25) is 4.79 Å². The van der Waals surface area contributed by atoms with Crippen LogP contribution < -0.4 is 15.5 Å². The number of nitrogens with one attached hydrogen (secondary N) is 2. The molecule has 1 aliphatic rings. The van der Waals surface area contributed by atoms with Gasteiger partial charge in [-0.2, -0.15) is 0 Å². The Hall–Kier alpha value is -2.77. The molecule has 1 fully saturated rings. The van der Waals surface area contributed by atoms with Gasteiger partial charge < -0.3 is 25.3 Å². The Kier molecular flexibility index (Phi) is 7.76. The summed E-state index contributed by atoms with van der Waals surface area (Å²) in [5.41, 5.74) is 3.47. The molecule has 0 spiro atoms. The molecule has 0 atom stereocenters. The molecule has 0 bridgehead atoms. The van der Waals surface area contributed by atoms with E-state index in [0.717, 1.165) is 36.6 Å². The zero-order chi connectivity index (χ0) is 22.4. The Morgan fingerprint density at radius 3 is 2.29 bits per heavy atom. The molecule has 1 saturated heterocycles. The monoisotopic (exact) mass is 443 g/mol. The van der Waals surface area contributed by atoms with Crippen molar-refractivity contribution in [2.45, 2.75) is 13.3 Å². The van der Waals surface area contributed by atoms with Crippen LogP contribution in [0.5, 0.6) is 0 Å². The van der Waals surface area contributed by atoms with Gasteiger partial charge >= 0.3 is 6.03 Å². The van der Waals surface area contributed by atoms with Crippen LogP contribution in [0.25, 0.3) is 0 Å². The van der Waals surface area contributed by atoms with Crippen molar-refractivity contribution in [3.8, 4) is 0 Å². The number of urea groups is 1. The number of piperazine rings is 1. The molecule has 8 heteroatoms. The van der Waals surface area contributed by atoms with E-state index in [1.54, 1.807) is 11.0 Å². The maximum absolute atomic E-state index is 12.7. The number of hydrogen-bond acceptors (Lipinski definition) is 4. The number of para-hydroxylation sites is 1. The van der Waals surface area contributed by atoms with Crippen LogP contribution in [0.2, 0.25) is 5.02 Å². The summed E-state index contributed by atoms with van der Waals surface area (Å²) in [5, 5.41) is 6.41. The zero-order valence-electron chi connectivity index (χ0n) is 18.3. The number of carbonyl (C=O) groups excluding carboxylic acids is 2. The van der Waals surface area contributed by atoms with E-state index >= 15 is 0 Å².